The van der Waals surface area contributed by atoms with Gasteiger partial charge in [0, 0.05) is 6.54 Å². The minimum absolute atomic E-state index is 0.0211. The first-order valence-corrected chi connectivity index (χ1v) is 7.45. The maximum absolute atomic E-state index is 12.6. The molecule has 0 aromatic heterocycles. The first-order chi connectivity index (χ1) is 9.76. The van der Waals surface area contributed by atoms with Gasteiger partial charge in [0.2, 0.25) is 11.8 Å². The summed E-state index contributed by atoms with van der Waals surface area (Å²) >= 11 is 0. The van der Waals surface area contributed by atoms with Crippen molar-refractivity contribution >= 4 is 11.8 Å². The first kappa shape index (κ1) is 15.5. The van der Waals surface area contributed by atoms with Crippen LogP contribution < -0.4 is 5.32 Å². The van der Waals surface area contributed by atoms with Crippen molar-refractivity contribution in [3.63, 3.8) is 0 Å². The quantitative estimate of drug-likeness (QED) is 0.928. The average molecular weight is 288 g/mol. The lowest BCUT2D eigenvalue weighted by molar-refractivity contribution is -0.154. The second-order valence-electron chi connectivity index (χ2n) is 6.39. The number of carbonyl (C=O) groups is 2. The molecule has 21 heavy (non-hydrogen) atoms. The number of aryl methyl sites for hydroxylation is 2. The molecule has 114 valence electrons. The summed E-state index contributed by atoms with van der Waals surface area (Å²) in [5.74, 6) is -0.0851. The summed E-state index contributed by atoms with van der Waals surface area (Å²) in [4.78, 5) is 26.5. The van der Waals surface area contributed by atoms with Crippen LogP contribution in [0.4, 0.5) is 0 Å². The molecule has 1 heterocycles. The van der Waals surface area contributed by atoms with Crippen molar-refractivity contribution in [1.29, 1.82) is 0 Å². The molecule has 2 rings (SSSR count). The van der Waals surface area contributed by atoms with Crippen molar-refractivity contribution in [2.45, 2.75) is 59.2 Å². The van der Waals surface area contributed by atoms with Crippen LogP contribution in [0.2, 0.25) is 0 Å². The van der Waals surface area contributed by atoms with Gasteiger partial charge in [0.1, 0.15) is 11.6 Å². The number of rotatable bonds is 3. The molecule has 1 atom stereocenters. The van der Waals surface area contributed by atoms with Gasteiger partial charge in [-0.2, -0.15) is 0 Å². The Kier molecular flexibility index (Phi) is 4.08. The standard InChI is InChI=1S/C17H24N2O2/c1-6-14-15(20)18-17(4,5)16(21)19(14)10-13-8-7-11(2)12(3)9-13/h7-9,14H,6,10H2,1-5H3,(H,18,20). The molecule has 0 bridgehead atoms. The lowest BCUT2D eigenvalue weighted by atomic mass is 9.94. The zero-order valence-electron chi connectivity index (χ0n) is 13.5. The van der Waals surface area contributed by atoms with E-state index in [2.05, 4.69) is 31.3 Å². The van der Waals surface area contributed by atoms with E-state index in [0.29, 0.717) is 13.0 Å². The molecular weight excluding hydrogens is 264 g/mol. The van der Waals surface area contributed by atoms with Crippen LogP contribution in [0, 0.1) is 13.8 Å². The number of nitrogens with one attached hydrogen (secondary N) is 1. The second kappa shape index (κ2) is 5.51. The van der Waals surface area contributed by atoms with E-state index < -0.39 is 5.54 Å². The number of hydrogen-bond acceptors (Lipinski definition) is 2. The highest BCUT2D eigenvalue weighted by Crippen LogP contribution is 2.23. The molecule has 0 aliphatic carbocycles. The van der Waals surface area contributed by atoms with Crippen LogP contribution >= 0.6 is 0 Å². The van der Waals surface area contributed by atoms with E-state index in [1.807, 2.05) is 13.0 Å². The zero-order valence-corrected chi connectivity index (χ0v) is 13.5. The highest BCUT2D eigenvalue weighted by atomic mass is 16.2. The highest BCUT2D eigenvalue weighted by Gasteiger charge is 2.44. The van der Waals surface area contributed by atoms with Crippen molar-refractivity contribution in [2.24, 2.45) is 0 Å². The van der Waals surface area contributed by atoms with Crippen LogP contribution in [0.15, 0.2) is 18.2 Å². The molecule has 1 N–H and O–H groups in total. The Morgan fingerprint density at radius 1 is 1.19 bits per heavy atom. The normalized spacial score (nSPS) is 21.4. The van der Waals surface area contributed by atoms with Gasteiger partial charge in [0.25, 0.3) is 0 Å². The molecular formula is C17H24N2O2. The largest absolute Gasteiger partial charge is 0.340 e. The summed E-state index contributed by atoms with van der Waals surface area (Å²) in [6.45, 7) is 10.1. The number of nitrogens with zero attached hydrogens (tertiary/aromatic N) is 1. The van der Waals surface area contributed by atoms with E-state index in [-0.39, 0.29) is 17.9 Å². The molecule has 0 saturated carbocycles. The molecule has 1 aliphatic heterocycles. The van der Waals surface area contributed by atoms with E-state index >= 15 is 0 Å². The van der Waals surface area contributed by atoms with Crippen molar-refractivity contribution in [3.05, 3.63) is 34.9 Å². The smallest absolute Gasteiger partial charge is 0.248 e. The average Bonchev–Trinajstić information content (AvgIpc) is 2.40. The number of benzene rings is 1. The number of carbonyl (C=O) groups excluding carboxylic acids is 2. The Balaban J connectivity index is 2.31. The molecule has 1 aliphatic rings. The van der Waals surface area contributed by atoms with Crippen LogP contribution in [0.1, 0.15) is 43.9 Å². The molecule has 4 nitrogen and oxygen atoms in total. The van der Waals surface area contributed by atoms with Gasteiger partial charge in [-0.3, -0.25) is 9.59 Å². The number of hydrogen-bond donors (Lipinski definition) is 1. The molecule has 0 spiro atoms. The van der Waals surface area contributed by atoms with Gasteiger partial charge in [-0.15, -0.1) is 0 Å². The fourth-order valence-corrected chi connectivity index (χ4v) is 2.77. The third-order valence-corrected chi connectivity index (χ3v) is 4.22. The molecule has 1 aromatic rings. The summed E-state index contributed by atoms with van der Waals surface area (Å²) in [6.07, 6.45) is 0.624. The summed E-state index contributed by atoms with van der Waals surface area (Å²) in [6, 6.07) is 5.80. The summed E-state index contributed by atoms with van der Waals surface area (Å²) in [7, 11) is 0. The molecule has 1 saturated heterocycles. The maximum Gasteiger partial charge on any atom is 0.248 e. The minimum atomic E-state index is -0.831. The van der Waals surface area contributed by atoms with Gasteiger partial charge < -0.3 is 10.2 Å². The van der Waals surface area contributed by atoms with Crippen LogP contribution in [-0.2, 0) is 16.1 Å². The van der Waals surface area contributed by atoms with Crippen LogP contribution in [-0.4, -0.2) is 28.3 Å². The van der Waals surface area contributed by atoms with Crippen molar-refractivity contribution in [3.8, 4) is 0 Å². The molecule has 0 radical (unpaired) electrons. The Morgan fingerprint density at radius 3 is 2.43 bits per heavy atom. The third kappa shape index (κ3) is 2.94. The second-order valence-corrected chi connectivity index (χ2v) is 6.39. The lowest BCUT2D eigenvalue weighted by Crippen LogP contribution is -2.67. The van der Waals surface area contributed by atoms with Gasteiger partial charge >= 0.3 is 0 Å². The predicted octanol–water partition coefficient (Wildman–Crippen LogP) is 2.32. The van der Waals surface area contributed by atoms with Crippen LogP contribution in [0.5, 0.6) is 0 Å². The van der Waals surface area contributed by atoms with Crippen LogP contribution in [0.3, 0.4) is 0 Å². The van der Waals surface area contributed by atoms with Gasteiger partial charge in [-0.05, 0) is 50.8 Å². The monoisotopic (exact) mass is 288 g/mol. The lowest BCUT2D eigenvalue weighted by Gasteiger charge is -2.42. The number of amides is 2. The van der Waals surface area contributed by atoms with Gasteiger partial charge in [-0.1, -0.05) is 25.1 Å². The fourth-order valence-electron chi connectivity index (χ4n) is 2.77. The molecule has 4 heteroatoms. The highest BCUT2D eigenvalue weighted by molar-refractivity contribution is 5.99. The SMILES string of the molecule is CCC1C(=O)NC(C)(C)C(=O)N1Cc1ccc(C)c(C)c1. The minimum Gasteiger partial charge on any atom is -0.340 e. The Bertz CT molecular complexity index is 578. The van der Waals surface area contributed by atoms with E-state index in [1.165, 1.54) is 11.1 Å². The van der Waals surface area contributed by atoms with Gasteiger partial charge in [0.05, 0.1) is 0 Å². The van der Waals surface area contributed by atoms with E-state index in [0.717, 1.165) is 5.56 Å². The molecule has 1 fully saturated rings. The van der Waals surface area contributed by atoms with E-state index in [9.17, 15) is 9.59 Å². The Hall–Kier alpha value is -1.84. The van der Waals surface area contributed by atoms with E-state index in [4.69, 9.17) is 0 Å². The molecule has 1 aromatic carbocycles. The topological polar surface area (TPSA) is 49.4 Å². The third-order valence-electron chi connectivity index (χ3n) is 4.22. The van der Waals surface area contributed by atoms with Crippen molar-refractivity contribution in [1.82, 2.24) is 10.2 Å². The number of piperazine rings is 1. The molecule has 2 amide bonds. The Labute approximate surface area is 126 Å². The zero-order chi connectivity index (χ0) is 15.8. The van der Waals surface area contributed by atoms with Gasteiger partial charge in [-0.25, -0.2) is 0 Å². The van der Waals surface area contributed by atoms with E-state index in [1.54, 1.807) is 18.7 Å². The maximum atomic E-state index is 12.6. The first-order valence-electron chi connectivity index (χ1n) is 7.45. The predicted molar refractivity (Wildman–Crippen MR) is 82.8 cm³/mol. The van der Waals surface area contributed by atoms with Crippen molar-refractivity contribution < 1.29 is 9.59 Å². The van der Waals surface area contributed by atoms with Crippen molar-refractivity contribution in [2.75, 3.05) is 0 Å². The summed E-state index contributed by atoms with van der Waals surface area (Å²) < 4.78 is 0. The summed E-state index contributed by atoms with van der Waals surface area (Å²) in [5, 5.41) is 2.81. The van der Waals surface area contributed by atoms with Crippen LogP contribution in [0.25, 0.3) is 0 Å². The molecule has 1 unspecified atom stereocenters. The Morgan fingerprint density at radius 2 is 1.86 bits per heavy atom. The van der Waals surface area contributed by atoms with Gasteiger partial charge in [0.15, 0.2) is 0 Å². The summed E-state index contributed by atoms with van der Waals surface area (Å²) in [5.41, 5.74) is 2.67. The fraction of sp³-hybridized carbons (Fsp3) is 0.529.